The summed E-state index contributed by atoms with van der Waals surface area (Å²) in [6.07, 6.45) is 0.725. The van der Waals surface area contributed by atoms with E-state index in [2.05, 4.69) is 15.8 Å². The normalized spacial score (nSPS) is 10.9. The minimum atomic E-state index is -0.420. The maximum Gasteiger partial charge on any atom is 0.273 e. The van der Waals surface area contributed by atoms with Crippen molar-refractivity contribution in [1.82, 2.24) is 10.7 Å². The van der Waals surface area contributed by atoms with Gasteiger partial charge in [-0.25, -0.2) is 5.43 Å². The van der Waals surface area contributed by atoms with Crippen LogP contribution in [-0.4, -0.2) is 38.3 Å². The van der Waals surface area contributed by atoms with Crippen molar-refractivity contribution in [1.29, 1.82) is 0 Å². The molecule has 8 nitrogen and oxygen atoms in total. The summed E-state index contributed by atoms with van der Waals surface area (Å²) in [5, 5.41) is 6.79. The molecular weight excluding hydrogens is 372 g/mol. The van der Waals surface area contributed by atoms with Gasteiger partial charge in [-0.3, -0.25) is 9.59 Å². The number of benzene rings is 2. The van der Waals surface area contributed by atoms with Gasteiger partial charge in [0.15, 0.2) is 11.5 Å². The Balaban J connectivity index is 1.79. The number of nitrogens with zero attached hydrogens (tertiary/aromatic N) is 1. The van der Waals surface area contributed by atoms with Gasteiger partial charge < -0.3 is 20.5 Å². The lowest BCUT2D eigenvalue weighted by atomic mass is 10.1. The molecule has 0 aliphatic heterocycles. The Morgan fingerprint density at radius 3 is 2.48 bits per heavy atom. The van der Waals surface area contributed by atoms with Crippen LogP contribution in [0.15, 0.2) is 47.6 Å². The second kappa shape index (κ2) is 10.7. The summed E-state index contributed by atoms with van der Waals surface area (Å²) in [4.78, 5) is 24.1. The van der Waals surface area contributed by atoms with Gasteiger partial charge in [0, 0.05) is 17.9 Å². The first-order valence-electron chi connectivity index (χ1n) is 9.10. The van der Waals surface area contributed by atoms with Crippen LogP contribution in [0.2, 0.25) is 0 Å². The molecular formula is C21H26N4O4. The predicted molar refractivity (Wildman–Crippen MR) is 112 cm³/mol. The maximum absolute atomic E-state index is 12.1. The number of carbonyl (C=O) groups excluding carboxylic acids is 2. The number of nitrogen functional groups attached to an aromatic ring is 1. The number of rotatable bonds is 9. The Kier molecular flexibility index (Phi) is 8.02. The van der Waals surface area contributed by atoms with Crippen LogP contribution in [0.1, 0.15) is 29.3 Å². The molecule has 0 aliphatic carbocycles. The number of hydrogen-bond acceptors (Lipinski definition) is 6. The number of methoxy groups -OCH3 is 2. The molecule has 2 amide bonds. The Morgan fingerprint density at radius 2 is 1.79 bits per heavy atom. The first-order chi connectivity index (χ1) is 13.9. The first-order valence-corrected chi connectivity index (χ1v) is 9.10. The van der Waals surface area contributed by atoms with Crippen molar-refractivity contribution >= 4 is 23.2 Å². The molecule has 0 aromatic heterocycles. The zero-order valence-electron chi connectivity index (χ0n) is 16.8. The zero-order chi connectivity index (χ0) is 21.2. The Hall–Kier alpha value is -3.55. The van der Waals surface area contributed by atoms with Gasteiger partial charge in [0.2, 0.25) is 5.91 Å². The number of hydrazone groups is 1. The third-order valence-electron chi connectivity index (χ3n) is 4.15. The molecule has 0 unspecified atom stereocenters. The van der Waals surface area contributed by atoms with E-state index in [1.165, 1.54) is 0 Å². The van der Waals surface area contributed by atoms with Crippen LogP contribution in [0.25, 0.3) is 0 Å². The van der Waals surface area contributed by atoms with E-state index in [-0.39, 0.29) is 12.3 Å². The van der Waals surface area contributed by atoms with Gasteiger partial charge in [0.25, 0.3) is 5.91 Å². The summed E-state index contributed by atoms with van der Waals surface area (Å²) >= 11 is 0. The molecule has 0 bridgehead atoms. The van der Waals surface area contributed by atoms with Gasteiger partial charge in [-0.2, -0.15) is 5.10 Å². The van der Waals surface area contributed by atoms with Crippen molar-refractivity contribution in [2.75, 3.05) is 26.5 Å². The second-order valence-electron chi connectivity index (χ2n) is 6.34. The fourth-order valence-electron chi connectivity index (χ4n) is 2.63. The highest BCUT2D eigenvalue weighted by molar-refractivity contribution is 6.02. The number of hydrogen-bond donors (Lipinski definition) is 3. The topological polar surface area (TPSA) is 115 Å². The van der Waals surface area contributed by atoms with E-state index in [0.29, 0.717) is 41.4 Å². The number of ether oxygens (including phenoxy) is 2. The summed E-state index contributed by atoms with van der Waals surface area (Å²) in [6, 6.07) is 12.3. The zero-order valence-corrected chi connectivity index (χ0v) is 16.8. The molecule has 2 aromatic rings. The van der Waals surface area contributed by atoms with E-state index in [0.717, 1.165) is 5.56 Å². The maximum atomic E-state index is 12.1. The largest absolute Gasteiger partial charge is 0.493 e. The van der Waals surface area contributed by atoms with Crippen molar-refractivity contribution in [3.05, 3.63) is 53.6 Å². The summed E-state index contributed by atoms with van der Waals surface area (Å²) in [6.45, 7) is 2.14. The summed E-state index contributed by atoms with van der Waals surface area (Å²) in [5.74, 6) is 0.706. The van der Waals surface area contributed by atoms with Gasteiger partial charge in [0.05, 0.1) is 26.2 Å². The predicted octanol–water partition coefficient (Wildman–Crippen LogP) is 2.14. The summed E-state index contributed by atoms with van der Waals surface area (Å²) in [7, 11) is 3.16. The fraction of sp³-hybridized carbons (Fsp3) is 0.286. The van der Waals surface area contributed by atoms with E-state index >= 15 is 0 Å². The SMILES string of the molecule is COc1ccc(CCNC(=O)CC(C)=NNC(=O)c2ccccc2N)cc1OC. The molecule has 0 fully saturated rings. The monoisotopic (exact) mass is 398 g/mol. The molecule has 2 rings (SSSR count). The Bertz CT molecular complexity index is 896. The highest BCUT2D eigenvalue weighted by Gasteiger charge is 2.09. The molecule has 0 heterocycles. The van der Waals surface area contributed by atoms with Crippen LogP contribution in [-0.2, 0) is 11.2 Å². The van der Waals surface area contributed by atoms with E-state index < -0.39 is 5.91 Å². The molecule has 154 valence electrons. The van der Waals surface area contributed by atoms with Crippen LogP contribution in [0.4, 0.5) is 5.69 Å². The van der Waals surface area contributed by atoms with Crippen LogP contribution in [0.3, 0.4) is 0 Å². The summed E-state index contributed by atoms with van der Waals surface area (Å²) in [5.41, 5.74) is 10.4. The van der Waals surface area contributed by atoms with E-state index in [9.17, 15) is 9.59 Å². The lowest BCUT2D eigenvalue weighted by Gasteiger charge is -2.10. The molecule has 0 spiro atoms. The standard InChI is InChI=1S/C21H26N4O4/c1-14(24-25-21(27)16-6-4-5-7-17(16)22)12-20(26)23-11-10-15-8-9-18(28-2)19(13-15)29-3/h4-9,13H,10-12,22H2,1-3H3,(H,23,26)(H,25,27). The minimum Gasteiger partial charge on any atom is -0.493 e. The Morgan fingerprint density at radius 1 is 1.07 bits per heavy atom. The minimum absolute atomic E-state index is 0.0798. The molecule has 0 radical (unpaired) electrons. The average molecular weight is 398 g/mol. The molecule has 2 aromatic carbocycles. The molecule has 8 heteroatoms. The second-order valence-corrected chi connectivity index (χ2v) is 6.34. The molecule has 0 aliphatic rings. The molecule has 29 heavy (non-hydrogen) atoms. The third kappa shape index (κ3) is 6.53. The lowest BCUT2D eigenvalue weighted by molar-refractivity contribution is -0.119. The van der Waals surface area contributed by atoms with Crippen molar-refractivity contribution in [3.63, 3.8) is 0 Å². The highest BCUT2D eigenvalue weighted by Crippen LogP contribution is 2.27. The van der Waals surface area contributed by atoms with E-state index in [4.69, 9.17) is 15.2 Å². The van der Waals surface area contributed by atoms with Crippen molar-refractivity contribution in [2.24, 2.45) is 5.10 Å². The number of carbonyl (C=O) groups is 2. The fourth-order valence-corrected chi connectivity index (χ4v) is 2.63. The highest BCUT2D eigenvalue weighted by atomic mass is 16.5. The van der Waals surface area contributed by atoms with Crippen LogP contribution in [0.5, 0.6) is 11.5 Å². The molecule has 0 saturated carbocycles. The van der Waals surface area contributed by atoms with E-state index in [1.54, 1.807) is 45.4 Å². The number of nitrogens with two attached hydrogens (primary N) is 1. The van der Waals surface area contributed by atoms with Crippen LogP contribution in [0, 0.1) is 0 Å². The smallest absolute Gasteiger partial charge is 0.273 e. The van der Waals surface area contributed by atoms with Gasteiger partial charge in [-0.1, -0.05) is 18.2 Å². The van der Waals surface area contributed by atoms with Gasteiger partial charge in [-0.05, 0) is 43.2 Å². The van der Waals surface area contributed by atoms with Crippen LogP contribution >= 0.6 is 0 Å². The Labute approximate surface area is 170 Å². The lowest BCUT2D eigenvalue weighted by Crippen LogP contribution is -2.28. The summed E-state index contributed by atoms with van der Waals surface area (Å²) < 4.78 is 10.5. The van der Waals surface area contributed by atoms with Gasteiger partial charge in [-0.15, -0.1) is 0 Å². The van der Waals surface area contributed by atoms with E-state index in [1.807, 2.05) is 18.2 Å². The number of anilines is 1. The van der Waals surface area contributed by atoms with Gasteiger partial charge >= 0.3 is 0 Å². The van der Waals surface area contributed by atoms with Crippen molar-refractivity contribution in [2.45, 2.75) is 19.8 Å². The van der Waals surface area contributed by atoms with Crippen molar-refractivity contribution < 1.29 is 19.1 Å². The third-order valence-corrected chi connectivity index (χ3v) is 4.15. The van der Waals surface area contributed by atoms with Gasteiger partial charge in [0.1, 0.15) is 0 Å². The molecule has 0 atom stereocenters. The first kappa shape index (κ1) is 21.7. The van der Waals surface area contributed by atoms with Crippen LogP contribution < -0.4 is 25.9 Å². The van der Waals surface area contributed by atoms with Crippen molar-refractivity contribution in [3.8, 4) is 11.5 Å². The molecule has 4 N–H and O–H groups in total. The average Bonchev–Trinajstić information content (AvgIpc) is 2.72. The molecule has 0 saturated heterocycles. The number of nitrogens with one attached hydrogen (secondary N) is 2. The number of para-hydroxylation sites is 1. The quantitative estimate of drug-likeness (QED) is 0.340. The number of amides is 2.